The van der Waals surface area contributed by atoms with Crippen LogP contribution in [-0.2, 0) is 0 Å². The maximum atomic E-state index is 12.3. The number of nitrogens with one attached hydrogen (secondary N) is 3. The average Bonchev–Trinajstić information content (AvgIpc) is 3.08. The second-order valence-electron chi connectivity index (χ2n) is 5.70. The van der Waals surface area contributed by atoms with Crippen molar-refractivity contribution in [1.29, 1.82) is 0 Å². The van der Waals surface area contributed by atoms with Gasteiger partial charge in [0, 0.05) is 23.0 Å². The Morgan fingerprint density at radius 3 is 2.58 bits per heavy atom. The van der Waals surface area contributed by atoms with Gasteiger partial charge in [-0.15, -0.1) is 0 Å². The fraction of sp³-hybridized carbons (Fsp3) is 0.111. The van der Waals surface area contributed by atoms with E-state index in [4.69, 9.17) is 15.2 Å². The van der Waals surface area contributed by atoms with Crippen molar-refractivity contribution < 1.29 is 14.3 Å². The first kappa shape index (κ1) is 15.8. The zero-order valence-electron chi connectivity index (χ0n) is 13.8. The highest BCUT2D eigenvalue weighted by Crippen LogP contribution is 2.32. The molecule has 0 unspecified atom stereocenters. The van der Waals surface area contributed by atoms with Crippen LogP contribution in [0.5, 0.6) is 11.5 Å². The number of urea groups is 1. The Labute approximate surface area is 149 Å². The van der Waals surface area contributed by atoms with Crippen molar-refractivity contribution in [2.24, 2.45) is 0 Å². The third-order valence-corrected chi connectivity index (χ3v) is 3.83. The molecule has 4 rings (SSSR count). The first-order valence-corrected chi connectivity index (χ1v) is 8.06. The number of H-pyrrole nitrogens is 1. The van der Waals surface area contributed by atoms with E-state index in [1.165, 1.54) is 0 Å². The molecule has 0 radical (unpaired) electrons. The number of aromatic nitrogens is 2. The van der Waals surface area contributed by atoms with Crippen LogP contribution in [0.3, 0.4) is 0 Å². The van der Waals surface area contributed by atoms with E-state index in [1.807, 2.05) is 18.2 Å². The molecular formula is C18H17N5O3. The highest BCUT2D eigenvalue weighted by molar-refractivity contribution is 6.00. The van der Waals surface area contributed by atoms with Crippen LogP contribution in [0.15, 0.2) is 48.7 Å². The first-order valence-electron chi connectivity index (χ1n) is 8.06. The van der Waals surface area contributed by atoms with Gasteiger partial charge in [0.2, 0.25) is 0 Å². The number of carbonyl (C=O) groups is 1. The first-order chi connectivity index (χ1) is 12.7. The van der Waals surface area contributed by atoms with Crippen LogP contribution in [0.1, 0.15) is 0 Å². The molecule has 1 aliphatic heterocycles. The van der Waals surface area contributed by atoms with Crippen LogP contribution in [0.2, 0.25) is 0 Å². The van der Waals surface area contributed by atoms with Gasteiger partial charge in [0.05, 0.1) is 11.9 Å². The predicted molar refractivity (Wildman–Crippen MR) is 98.5 cm³/mol. The molecule has 0 saturated heterocycles. The number of fused-ring (bicyclic) bond motifs is 1. The number of hydrogen-bond donors (Lipinski definition) is 4. The lowest BCUT2D eigenvalue weighted by Crippen LogP contribution is -2.20. The topological polar surface area (TPSA) is 114 Å². The van der Waals surface area contributed by atoms with E-state index < -0.39 is 0 Å². The Morgan fingerprint density at radius 1 is 1.04 bits per heavy atom. The molecular weight excluding hydrogens is 334 g/mol. The van der Waals surface area contributed by atoms with Gasteiger partial charge in [0.25, 0.3) is 0 Å². The summed E-state index contributed by atoms with van der Waals surface area (Å²) in [4.78, 5) is 19.2. The molecule has 0 bridgehead atoms. The van der Waals surface area contributed by atoms with Crippen molar-refractivity contribution in [2.75, 3.05) is 29.6 Å². The minimum Gasteiger partial charge on any atom is -0.486 e. The summed E-state index contributed by atoms with van der Waals surface area (Å²) in [5.41, 5.74) is 8.51. The van der Waals surface area contributed by atoms with E-state index in [-0.39, 0.29) is 6.03 Å². The van der Waals surface area contributed by atoms with E-state index in [2.05, 4.69) is 20.6 Å². The molecule has 26 heavy (non-hydrogen) atoms. The van der Waals surface area contributed by atoms with Crippen molar-refractivity contribution in [3.63, 3.8) is 0 Å². The molecule has 3 aromatic rings. The van der Waals surface area contributed by atoms with Crippen molar-refractivity contribution in [3.8, 4) is 22.8 Å². The fourth-order valence-electron chi connectivity index (χ4n) is 2.66. The van der Waals surface area contributed by atoms with Crippen LogP contribution in [0.25, 0.3) is 11.3 Å². The second kappa shape index (κ2) is 6.67. The summed E-state index contributed by atoms with van der Waals surface area (Å²) >= 11 is 0. The van der Waals surface area contributed by atoms with E-state index in [1.54, 1.807) is 30.5 Å². The Morgan fingerprint density at radius 2 is 1.81 bits per heavy atom. The lowest BCUT2D eigenvalue weighted by molar-refractivity contribution is 0.171. The van der Waals surface area contributed by atoms with Gasteiger partial charge in [0.15, 0.2) is 17.4 Å². The summed E-state index contributed by atoms with van der Waals surface area (Å²) in [7, 11) is 0. The van der Waals surface area contributed by atoms with Gasteiger partial charge in [0.1, 0.15) is 13.2 Å². The number of imidazole rings is 1. The van der Waals surface area contributed by atoms with Gasteiger partial charge in [-0.05, 0) is 24.3 Å². The van der Waals surface area contributed by atoms with E-state index in [0.29, 0.717) is 42.0 Å². The zero-order valence-corrected chi connectivity index (χ0v) is 13.8. The van der Waals surface area contributed by atoms with E-state index in [9.17, 15) is 4.79 Å². The largest absolute Gasteiger partial charge is 0.486 e. The third kappa shape index (κ3) is 3.39. The van der Waals surface area contributed by atoms with E-state index >= 15 is 0 Å². The maximum Gasteiger partial charge on any atom is 0.323 e. The highest BCUT2D eigenvalue weighted by Gasteiger charge is 2.13. The standard InChI is InChI=1S/C18H17N5O3/c19-17-20-10-14(23-17)11-2-1-3-12(8-11)21-18(24)22-13-4-5-15-16(9-13)26-7-6-25-15/h1-5,8-10H,6-7H2,(H3,19,20,23)(H2,21,22,24). The Kier molecular flexibility index (Phi) is 4.06. The summed E-state index contributed by atoms with van der Waals surface area (Å²) in [6.45, 7) is 1.02. The number of benzene rings is 2. The number of carbonyl (C=O) groups excluding carboxylic acids is 1. The number of nitrogens with zero attached hydrogens (tertiary/aromatic N) is 1. The van der Waals surface area contributed by atoms with Gasteiger partial charge in [-0.25, -0.2) is 9.78 Å². The molecule has 0 spiro atoms. The van der Waals surface area contributed by atoms with Crippen LogP contribution in [0, 0.1) is 0 Å². The lowest BCUT2D eigenvalue weighted by atomic mass is 10.1. The van der Waals surface area contributed by atoms with Gasteiger partial charge in [-0.3, -0.25) is 0 Å². The Balaban J connectivity index is 1.45. The summed E-state index contributed by atoms with van der Waals surface area (Å²) in [5, 5.41) is 5.58. The predicted octanol–water partition coefficient (Wildman–Crippen LogP) is 3.07. The highest BCUT2D eigenvalue weighted by atomic mass is 16.6. The maximum absolute atomic E-state index is 12.3. The summed E-state index contributed by atoms with van der Waals surface area (Å²) in [6.07, 6.45) is 1.64. The summed E-state index contributed by atoms with van der Waals surface area (Å²) in [6, 6.07) is 12.3. The number of rotatable bonds is 3. The van der Waals surface area contributed by atoms with Crippen molar-refractivity contribution in [1.82, 2.24) is 9.97 Å². The number of nitrogen functional groups attached to an aromatic ring is 1. The molecule has 8 heteroatoms. The molecule has 8 nitrogen and oxygen atoms in total. The smallest absolute Gasteiger partial charge is 0.323 e. The summed E-state index contributed by atoms with van der Waals surface area (Å²) in [5.74, 6) is 1.64. The van der Waals surface area contributed by atoms with E-state index in [0.717, 1.165) is 11.3 Å². The molecule has 5 N–H and O–H groups in total. The van der Waals surface area contributed by atoms with Gasteiger partial charge >= 0.3 is 6.03 Å². The number of nitrogens with two attached hydrogens (primary N) is 1. The number of anilines is 3. The molecule has 1 aromatic heterocycles. The van der Waals surface area contributed by atoms with Crippen LogP contribution in [0.4, 0.5) is 22.1 Å². The zero-order chi connectivity index (χ0) is 17.9. The molecule has 2 aromatic carbocycles. The number of aromatic amines is 1. The fourth-order valence-corrected chi connectivity index (χ4v) is 2.66. The molecule has 132 valence electrons. The number of hydrogen-bond acceptors (Lipinski definition) is 5. The molecule has 1 aliphatic rings. The van der Waals surface area contributed by atoms with Crippen LogP contribution in [-0.4, -0.2) is 29.2 Å². The Bertz CT molecular complexity index is 954. The van der Waals surface area contributed by atoms with Crippen molar-refractivity contribution in [2.45, 2.75) is 0 Å². The molecule has 2 heterocycles. The number of ether oxygens (including phenoxy) is 2. The monoisotopic (exact) mass is 351 g/mol. The average molecular weight is 351 g/mol. The Hall–Kier alpha value is -3.68. The van der Waals surface area contributed by atoms with Gasteiger partial charge in [-0.2, -0.15) is 0 Å². The molecule has 0 aliphatic carbocycles. The van der Waals surface area contributed by atoms with Crippen LogP contribution >= 0.6 is 0 Å². The molecule has 0 saturated carbocycles. The molecule has 0 atom stereocenters. The molecule has 0 fully saturated rings. The van der Waals surface area contributed by atoms with Crippen molar-refractivity contribution >= 4 is 23.4 Å². The van der Waals surface area contributed by atoms with Crippen LogP contribution < -0.4 is 25.8 Å². The minimum atomic E-state index is -0.358. The van der Waals surface area contributed by atoms with Gasteiger partial charge in [-0.1, -0.05) is 12.1 Å². The summed E-state index contributed by atoms with van der Waals surface area (Å²) < 4.78 is 11.0. The second-order valence-corrected chi connectivity index (χ2v) is 5.70. The SMILES string of the molecule is Nc1ncc(-c2cccc(NC(=O)Nc3ccc4c(c3)OCCO4)c2)[nH]1. The minimum absolute atomic E-state index is 0.342. The quantitative estimate of drug-likeness (QED) is 0.579. The third-order valence-electron chi connectivity index (χ3n) is 3.83. The number of amides is 2. The van der Waals surface area contributed by atoms with Crippen molar-refractivity contribution in [3.05, 3.63) is 48.7 Å². The van der Waals surface area contributed by atoms with Gasteiger partial charge < -0.3 is 30.8 Å². The lowest BCUT2D eigenvalue weighted by Gasteiger charge is -2.19. The molecule has 2 amide bonds. The normalized spacial score (nSPS) is 12.5.